The molecule has 0 radical (unpaired) electrons. The molecule has 3 amide bonds. The molecule has 8 nitrogen and oxygen atoms in total. The van der Waals surface area contributed by atoms with Crippen molar-refractivity contribution in [2.45, 2.75) is 71.6 Å². The van der Waals surface area contributed by atoms with E-state index >= 15 is 0 Å². The molecular weight excluding hydrogens is 571 g/mol. The van der Waals surface area contributed by atoms with Crippen molar-refractivity contribution in [3.05, 3.63) is 64.1 Å². The maximum atomic E-state index is 13.7. The molecule has 1 fully saturated rings. The van der Waals surface area contributed by atoms with Crippen LogP contribution in [0.5, 0.6) is 0 Å². The van der Waals surface area contributed by atoms with Gasteiger partial charge in [-0.05, 0) is 44.4 Å². The van der Waals surface area contributed by atoms with Gasteiger partial charge in [-0.3, -0.25) is 29.0 Å². The van der Waals surface area contributed by atoms with Crippen LogP contribution in [-0.4, -0.2) is 51.1 Å². The second kappa shape index (κ2) is 14.6. The van der Waals surface area contributed by atoms with Gasteiger partial charge in [-0.2, -0.15) is 0 Å². The van der Waals surface area contributed by atoms with Crippen molar-refractivity contribution < 1.29 is 24.3 Å². The molecule has 0 saturated carbocycles. The summed E-state index contributed by atoms with van der Waals surface area (Å²) in [5.41, 5.74) is 4.26. The predicted octanol–water partition coefficient (Wildman–Crippen LogP) is 6.46. The van der Waals surface area contributed by atoms with E-state index in [1.54, 1.807) is 17.0 Å². The smallest absolute Gasteiger partial charge is 0.303 e. The molecule has 1 saturated heterocycles. The summed E-state index contributed by atoms with van der Waals surface area (Å²) in [6, 6.07) is 13.0. The summed E-state index contributed by atoms with van der Waals surface area (Å²) in [6.07, 6.45) is 7.90. The molecule has 0 unspecified atom stereocenters. The Morgan fingerprint density at radius 2 is 1.55 bits per heavy atom. The van der Waals surface area contributed by atoms with Gasteiger partial charge in [0.05, 0.1) is 16.2 Å². The van der Waals surface area contributed by atoms with Crippen molar-refractivity contribution >= 4 is 68.9 Å². The molecular formula is C32H37N3O5S2. The van der Waals surface area contributed by atoms with E-state index in [1.165, 1.54) is 4.90 Å². The molecule has 2 N–H and O–H groups in total. The minimum Gasteiger partial charge on any atom is -0.481 e. The molecule has 0 atom stereocenters. The second-order valence-electron chi connectivity index (χ2n) is 10.8. The number of hydrogen-bond donors (Lipinski definition) is 2. The first kappa shape index (κ1) is 31.4. The molecule has 10 heteroatoms. The molecule has 0 bridgehead atoms. The van der Waals surface area contributed by atoms with E-state index < -0.39 is 5.97 Å². The zero-order chi connectivity index (χ0) is 30.2. The van der Waals surface area contributed by atoms with Gasteiger partial charge < -0.3 is 10.4 Å². The predicted molar refractivity (Wildman–Crippen MR) is 171 cm³/mol. The van der Waals surface area contributed by atoms with E-state index in [2.05, 4.69) is 5.32 Å². The average Bonchev–Trinajstić information content (AvgIpc) is 3.37. The standard InChI is InChI=1S/C32H37N3O5S2/c1-21-16-17-24(22(2)19-21)33-26(36)20-35-25-14-11-10-13-23(25)28(30(35)39)29-31(40)34(32(41)42-29)18-12-8-6-4-3-5-7-9-15-27(37)38/h10-11,13-14,16-17,19H,3-9,12,15,18,20H2,1-2H3,(H,33,36)(H,37,38). The highest BCUT2D eigenvalue weighted by Crippen LogP contribution is 2.44. The number of anilines is 2. The lowest BCUT2D eigenvalue weighted by Crippen LogP contribution is -2.35. The summed E-state index contributed by atoms with van der Waals surface area (Å²) in [4.78, 5) is 54.1. The van der Waals surface area contributed by atoms with E-state index in [4.69, 9.17) is 17.3 Å². The second-order valence-corrected chi connectivity index (χ2v) is 12.4. The van der Waals surface area contributed by atoms with Crippen LogP contribution in [-0.2, 0) is 19.2 Å². The number of carboxylic acids is 1. The molecule has 2 aromatic rings. The minimum atomic E-state index is -0.739. The van der Waals surface area contributed by atoms with Crippen LogP contribution < -0.4 is 10.2 Å². The van der Waals surface area contributed by atoms with Gasteiger partial charge in [-0.15, -0.1) is 0 Å². The van der Waals surface area contributed by atoms with Gasteiger partial charge in [0.2, 0.25) is 5.91 Å². The zero-order valence-corrected chi connectivity index (χ0v) is 25.7. The number of carbonyl (C=O) groups excluding carboxylic acids is 3. The van der Waals surface area contributed by atoms with Crippen molar-refractivity contribution in [1.29, 1.82) is 0 Å². The number of thiocarbonyl (C=S) groups is 1. The first-order valence-electron chi connectivity index (χ1n) is 14.5. The number of carbonyl (C=O) groups is 4. The first-order valence-corrected chi connectivity index (χ1v) is 15.7. The van der Waals surface area contributed by atoms with Crippen LogP contribution in [0, 0.1) is 13.8 Å². The van der Waals surface area contributed by atoms with E-state index in [9.17, 15) is 19.2 Å². The van der Waals surface area contributed by atoms with Gasteiger partial charge in [-0.25, -0.2) is 0 Å². The number of thioether (sulfide) groups is 1. The minimum absolute atomic E-state index is 0.174. The van der Waals surface area contributed by atoms with Gasteiger partial charge in [0.25, 0.3) is 11.8 Å². The highest BCUT2D eigenvalue weighted by molar-refractivity contribution is 8.26. The lowest BCUT2D eigenvalue weighted by molar-refractivity contribution is -0.137. The number of nitrogens with one attached hydrogen (secondary N) is 1. The van der Waals surface area contributed by atoms with Crippen LogP contribution in [0.25, 0.3) is 5.57 Å². The van der Waals surface area contributed by atoms with Crippen molar-refractivity contribution in [1.82, 2.24) is 4.90 Å². The number of aliphatic carboxylic acids is 1. The molecule has 0 spiro atoms. The Bertz CT molecular complexity index is 1420. The molecule has 0 aliphatic carbocycles. The Labute approximate surface area is 256 Å². The van der Waals surface area contributed by atoms with Crippen LogP contribution in [0.4, 0.5) is 11.4 Å². The number of hydrogen-bond acceptors (Lipinski definition) is 6. The summed E-state index contributed by atoms with van der Waals surface area (Å²) < 4.78 is 0.442. The molecule has 222 valence electrons. The number of amides is 3. The largest absolute Gasteiger partial charge is 0.481 e. The Morgan fingerprint density at radius 3 is 2.24 bits per heavy atom. The van der Waals surface area contributed by atoms with Crippen LogP contribution in [0.15, 0.2) is 47.4 Å². The third kappa shape index (κ3) is 7.66. The topological polar surface area (TPSA) is 107 Å². The van der Waals surface area contributed by atoms with Gasteiger partial charge >= 0.3 is 5.97 Å². The molecule has 2 aliphatic heterocycles. The van der Waals surface area contributed by atoms with Crippen molar-refractivity contribution in [3.8, 4) is 0 Å². The van der Waals surface area contributed by atoms with Gasteiger partial charge in [0.1, 0.15) is 10.9 Å². The Hall–Kier alpha value is -3.50. The Kier molecular flexibility index (Phi) is 10.9. The summed E-state index contributed by atoms with van der Waals surface area (Å²) in [5.74, 6) is -1.70. The van der Waals surface area contributed by atoms with Gasteiger partial charge in [0, 0.05) is 24.2 Å². The highest BCUT2D eigenvalue weighted by atomic mass is 32.2. The van der Waals surface area contributed by atoms with E-state index in [0.29, 0.717) is 38.3 Å². The average molecular weight is 608 g/mol. The number of para-hydroxylation sites is 1. The lowest BCUT2D eigenvalue weighted by atomic mass is 10.1. The number of unbranched alkanes of at least 4 members (excludes halogenated alkanes) is 7. The Balaban J connectivity index is 1.36. The van der Waals surface area contributed by atoms with E-state index in [-0.39, 0.29) is 30.7 Å². The van der Waals surface area contributed by atoms with E-state index in [1.807, 2.05) is 44.2 Å². The summed E-state index contributed by atoms with van der Waals surface area (Å²) in [6.45, 7) is 4.23. The van der Waals surface area contributed by atoms with Crippen molar-refractivity contribution in [2.75, 3.05) is 23.3 Å². The highest BCUT2D eigenvalue weighted by Gasteiger charge is 2.42. The van der Waals surface area contributed by atoms with Gasteiger partial charge in [0.15, 0.2) is 0 Å². The first-order chi connectivity index (χ1) is 20.2. The third-order valence-electron chi connectivity index (χ3n) is 7.48. The molecule has 2 aromatic carbocycles. The normalized spacial score (nSPS) is 16.4. The number of fused-ring (bicyclic) bond motifs is 1. The SMILES string of the molecule is Cc1ccc(NC(=O)CN2C(=O)C(=C3SC(=S)N(CCCCCCCCCCC(=O)O)C3=O)c3ccccc32)c(C)c1. The molecule has 2 heterocycles. The zero-order valence-electron chi connectivity index (χ0n) is 24.1. The fourth-order valence-corrected chi connectivity index (χ4v) is 6.67. The van der Waals surface area contributed by atoms with Crippen molar-refractivity contribution in [3.63, 3.8) is 0 Å². The lowest BCUT2D eigenvalue weighted by Gasteiger charge is -2.17. The number of nitrogens with zero attached hydrogens (tertiary/aromatic N) is 2. The maximum absolute atomic E-state index is 13.7. The van der Waals surface area contributed by atoms with Crippen LogP contribution >= 0.6 is 24.0 Å². The molecule has 2 aliphatic rings. The number of carboxylic acid groups (broad SMARTS) is 1. The fraction of sp³-hybridized carbons (Fsp3) is 0.406. The molecule has 4 rings (SSSR count). The van der Waals surface area contributed by atoms with Crippen LogP contribution in [0.3, 0.4) is 0 Å². The number of aryl methyl sites for hydroxylation is 2. The summed E-state index contributed by atoms with van der Waals surface area (Å²) in [5, 5.41) is 11.6. The van der Waals surface area contributed by atoms with E-state index in [0.717, 1.165) is 74.3 Å². The maximum Gasteiger partial charge on any atom is 0.303 e. The summed E-state index contributed by atoms with van der Waals surface area (Å²) in [7, 11) is 0. The fourth-order valence-electron chi connectivity index (χ4n) is 5.29. The molecule has 42 heavy (non-hydrogen) atoms. The molecule has 0 aromatic heterocycles. The van der Waals surface area contributed by atoms with Crippen LogP contribution in [0.1, 0.15) is 74.5 Å². The third-order valence-corrected chi connectivity index (χ3v) is 8.93. The van der Waals surface area contributed by atoms with Crippen LogP contribution in [0.2, 0.25) is 0 Å². The van der Waals surface area contributed by atoms with Crippen molar-refractivity contribution in [2.24, 2.45) is 0 Å². The number of rotatable bonds is 14. The van der Waals surface area contributed by atoms with Gasteiger partial charge in [-0.1, -0.05) is 98.4 Å². The monoisotopic (exact) mass is 607 g/mol. The summed E-state index contributed by atoms with van der Waals surface area (Å²) >= 11 is 6.69. The Morgan fingerprint density at radius 1 is 0.881 bits per heavy atom. The number of benzene rings is 2. The quantitative estimate of drug-likeness (QED) is 0.144.